The summed E-state index contributed by atoms with van der Waals surface area (Å²) in [6.07, 6.45) is 0.899. The number of hydrogen-bond acceptors (Lipinski definition) is 4. The highest BCUT2D eigenvalue weighted by molar-refractivity contribution is 5.85. The Bertz CT molecular complexity index is 542. The second-order valence-corrected chi connectivity index (χ2v) is 6.64. The van der Waals surface area contributed by atoms with Crippen LogP contribution in [0, 0.1) is 0 Å². The Balaban J connectivity index is 1.68. The maximum absolute atomic E-state index is 12.3. The van der Waals surface area contributed by atoms with E-state index >= 15 is 0 Å². The first-order valence-corrected chi connectivity index (χ1v) is 9.07. The first-order chi connectivity index (χ1) is 12.1. The van der Waals surface area contributed by atoms with Crippen molar-refractivity contribution in [3.8, 4) is 0 Å². The van der Waals surface area contributed by atoms with E-state index in [4.69, 9.17) is 0 Å². The molecule has 25 heavy (non-hydrogen) atoms. The maximum atomic E-state index is 12.3. The molecule has 1 heterocycles. The highest BCUT2D eigenvalue weighted by Gasteiger charge is 2.21. The molecule has 1 aromatic rings. The fourth-order valence-corrected chi connectivity index (χ4v) is 2.88. The second-order valence-electron chi connectivity index (χ2n) is 6.64. The van der Waals surface area contributed by atoms with Gasteiger partial charge < -0.3 is 10.2 Å². The zero-order valence-corrected chi connectivity index (χ0v) is 15.4. The molecule has 2 rings (SSSR count). The summed E-state index contributed by atoms with van der Waals surface area (Å²) in [4.78, 5) is 30.1. The van der Waals surface area contributed by atoms with E-state index in [-0.39, 0.29) is 18.4 Å². The Morgan fingerprint density at radius 3 is 2.36 bits per heavy atom. The Hall–Kier alpha value is -1.92. The van der Waals surface area contributed by atoms with Crippen LogP contribution in [0.2, 0.25) is 0 Å². The van der Waals surface area contributed by atoms with Crippen LogP contribution in [0.1, 0.15) is 18.9 Å². The molecule has 0 spiro atoms. The van der Waals surface area contributed by atoms with E-state index in [1.165, 1.54) is 10.5 Å². The van der Waals surface area contributed by atoms with Crippen molar-refractivity contribution in [3.63, 3.8) is 0 Å². The normalized spacial score (nSPS) is 15.8. The van der Waals surface area contributed by atoms with Gasteiger partial charge >= 0.3 is 0 Å². The van der Waals surface area contributed by atoms with Crippen LogP contribution in [0.15, 0.2) is 30.3 Å². The van der Waals surface area contributed by atoms with Crippen molar-refractivity contribution in [3.05, 3.63) is 35.9 Å². The molecule has 0 saturated carbocycles. The Kier molecular flexibility index (Phi) is 7.88. The summed E-state index contributed by atoms with van der Waals surface area (Å²) in [5.74, 6) is -0.0893. The number of hydrogen-bond donors (Lipinski definition) is 1. The zero-order valence-electron chi connectivity index (χ0n) is 15.4. The predicted molar refractivity (Wildman–Crippen MR) is 99.1 cm³/mol. The lowest BCUT2D eigenvalue weighted by Crippen LogP contribution is -2.50. The molecule has 1 aromatic carbocycles. The first-order valence-electron chi connectivity index (χ1n) is 9.07. The number of piperazine rings is 1. The smallest absolute Gasteiger partial charge is 0.239 e. The van der Waals surface area contributed by atoms with Gasteiger partial charge in [-0.1, -0.05) is 37.3 Å². The number of carbonyl (C=O) groups excluding carboxylic acids is 2. The summed E-state index contributed by atoms with van der Waals surface area (Å²) in [5, 5.41) is 2.80. The Morgan fingerprint density at radius 1 is 1.08 bits per heavy atom. The number of carbonyl (C=O) groups is 2. The summed E-state index contributed by atoms with van der Waals surface area (Å²) in [7, 11) is 1.69. The minimum atomic E-state index is -0.0922. The summed E-state index contributed by atoms with van der Waals surface area (Å²) in [6, 6.07) is 10.5. The molecule has 138 valence electrons. The molecule has 1 fully saturated rings. The molecule has 0 bridgehead atoms. The summed E-state index contributed by atoms with van der Waals surface area (Å²) < 4.78 is 0. The second kappa shape index (κ2) is 10.2. The van der Waals surface area contributed by atoms with Gasteiger partial charge in [-0.3, -0.25) is 19.4 Å². The van der Waals surface area contributed by atoms with Crippen LogP contribution >= 0.6 is 0 Å². The number of rotatable bonds is 8. The summed E-state index contributed by atoms with van der Waals surface area (Å²) in [5.41, 5.74) is 1.32. The molecule has 0 unspecified atom stereocenters. The minimum absolute atomic E-state index is 0.00292. The number of benzene rings is 1. The molecule has 2 amide bonds. The molecule has 1 saturated heterocycles. The highest BCUT2D eigenvalue weighted by Crippen LogP contribution is 2.08. The van der Waals surface area contributed by atoms with Gasteiger partial charge in [0.15, 0.2) is 0 Å². The van der Waals surface area contributed by atoms with Gasteiger partial charge in [-0.2, -0.15) is 0 Å². The molecule has 6 nitrogen and oxygen atoms in total. The lowest BCUT2D eigenvalue weighted by Gasteiger charge is -2.35. The highest BCUT2D eigenvalue weighted by atomic mass is 16.2. The monoisotopic (exact) mass is 346 g/mol. The van der Waals surface area contributed by atoms with Gasteiger partial charge in [0.25, 0.3) is 0 Å². The van der Waals surface area contributed by atoms with Crippen molar-refractivity contribution >= 4 is 11.8 Å². The molecular weight excluding hydrogens is 316 g/mol. The number of nitrogens with zero attached hydrogens (tertiary/aromatic N) is 3. The minimum Gasteiger partial charge on any atom is -0.355 e. The quantitative estimate of drug-likeness (QED) is 0.756. The molecule has 1 aliphatic heterocycles. The summed E-state index contributed by atoms with van der Waals surface area (Å²) >= 11 is 0. The van der Waals surface area contributed by atoms with Crippen molar-refractivity contribution in [1.82, 2.24) is 20.0 Å². The van der Waals surface area contributed by atoms with E-state index < -0.39 is 0 Å². The third kappa shape index (κ3) is 6.84. The van der Waals surface area contributed by atoms with E-state index in [0.717, 1.165) is 39.1 Å². The van der Waals surface area contributed by atoms with Gasteiger partial charge in [0, 0.05) is 46.3 Å². The average molecular weight is 346 g/mol. The largest absolute Gasteiger partial charge is 0.355 e. The van der Waals surface area contributed by atoms with Gasteiger partial charge in [0.1, 0.15) is 0 Å². The van der Waals surface area contributed by atoms with Crippen LogP contribution in [0.25, 0.3) is 0 Å². The molecule has 1 aliphatic rings. The van der Waals surface area contributed by atoms with Crippen LogP contribution in [-0.2, 0) is 16.1 Å². The van der Waals surface area contributed by atoms with E-state index in [1.54, 1.807) is 7.05 Å². The van der Waals surface area contributed by atoms with Crippen molar-refractivity contribution in [2.45, 2.75) is 19.9 Å². The van der Waals surface area contributed by atoms with Gasteiger partial charge in [0.2, 0.25) is 11.8 Å². The predicted octanol–water partition coefficient (Wildman–Crippen LogP) is 0.789. The Morgan fingerprint density at radius 2 is 1.72 bits per heavy atom. The molecule has 0 aromatic heterocycles. The van der Waals surface area contributed by atoms with E-state index in [9.17, 15) is 9.59 Å². The third-order valence-corrected chi connectivity index (χ3v) is 4.45. The molecule has 0 atom stereocenters. The molecular formula is C19H30N4O2. The fourth-order valence-electron chi connectivity index (χ4n) is 2.88. The van der Waals surface area contributed by atoms with Gasteiger partial charge in [-0.05, 0) is 12.0 Å². The van der Waals surface area contributed by atoms with E-state index in [1.807, 2.05) is 13.0 Å². The molecule has 0 aliphatic carbocycles. The standard InChI is InChI=1S/C19H30N4O2/c1-3-9-20-18(24)15-21(2)19(25)16-23-12-10-22(11-13-23)14-17-7-5-4-6-8-17/h4-8H,3,9-16H2,1-2H3,(H,20,24). The average Bonchev–Trinajstić information content (AvgIpc) is 2.62. The lowest BCUT2D eigenvalue weighted by atomic mass is 10.2. The van der Waals surface area contributed by atoms with Crippen molar-refractivity contribution < 1.29 is 9.59 Å². The maximum Gasteiger partial charge on any atom is 0.239 e. The Labute approximate surface area is 150 Å². The van der Waals surface area contributed by atoms with Crippen LogP contribution in [0.3, 0.4) is 0 Å². The topological polar surface area (TPSA) is 55.9 Å². The first kappa shape index (κ1) is 19.4. The third-order valence-electron chi connectivity index (χ3n) is 4.45. The van der Waals surface area contributed by atoms with Crippen LogP contribution in [0.5, 0.6) is 0 Å². The van der Waals surface area contributed by atoms with Crippen LogP contribution in [-0.4, -0.2) is 79.4 Å². The number of nitrogens with one attached hydrogen (secondary N) is 1. The van der Waals surface area contributed by atoms with Crippen LogP contribution < -0.4 is 5.32 Å². The van der Waals surface area contributed by atoms with Crippen LogP contribution in [0.4, 0.5) is 0 Å². The van der Waals surface area contributed by atoms with E-state index in [0.29, 0.717) is 13.1 Å². The number of amides is 2. The van der Waals surface area contributed by atoms with Gasteiger partial charge in [-0.15, -0.1) is 0 Å². The molecule has 6 heteroatoms. The number of likely N-dealkylation sites (N-methyl/N-ethyl adjacent to an activating group) is 1. The van der Waals surface area contributed by atoms with Gasteiger partial charge in [0.05, 0.1) is 13.1 Å². The lowest BCUT2D eigenvalue weighted by molar-refractivity contribution is -0.136. The molecule has 1 N–H and O–H groups in total. The molecule has 0 radical (unpaired) electrons. The SMILES string of the molecule is CCCNC(=O)CN(C)C(=O)CN1CCN(Cc2ccccc2)CC1. The zero-order chi connectivity index (χ0) is 18.1. The fraction of sp³-hybridized carbons (Fsp3) is 0.579. The van der Waals surface area contributed by atoms with Crippen molar-refractivity contribution in [2.75, 3.05) is 52.9 Å². The van der Waals surface area contributed by atoms with E-state index in [2.05, 4.69) is 39.4 Å². The van der Waals surface area contributed by atoms with Gasteiger partial charge in [-0.25, -0.2) is 0 Å². The summed E-state index contributed by atoms with van der Waals surface area (Å²) in [6.45, 7) is 7.83. The van der Waals surface area contributed by atoms with Crippen molar-refractivity contribution in [2.24, 2.45) is 0 Å². The van der Waals surface area contributed by atoms with Crippen molar-refractivity contribution in [1.29, 1.82) is 0 Å².